The maximum Gasteiger partial charge on any atom is 0.272 e. The van der Waals surface area contributed by atoms with E-state index in [1.54, 1.807) is 78.7 Å². The molecule has 1 N–H and O–H groups in total. The van der Waals surface area contributed by atoms with Crippen molar-refractivity contribution in [3.05, 3.63) is 180 Å². The van der Waals surface area contributed by atoms with Crippen LogP contribution in [0.2, 0.25) is 5.02 Å². The number of nitrogens with one attached hydrogen (secondary N) is 1. The fraction of sp³-hybridized carbons (Fsp3) is 0.216. The standard InChI is InChI=1S/C25H23N3O4S2.C16H12ClNO3S.C9H12N2OS.CH4/c1-26-20-11-6-5-10-19(20)22(23(25(26)30)34(31,32)18-8-3-2-4-9-18)27-13-15-28(16-14-27)24(29)21-12-7-17-33-21;1-18-13-10-6-5-9-12(13)14(17)15(16(18)19)22(20,21)11-7-3-2-4-8-11;12-9(8-2-1-7-13-8)11-5-3-10-4-6-11;/h2-12,17H,13-16H2,1H3;2-10H,1H3;1-2,7,10H,3-6H2;1H4. The number of hydrogen-bond donors (Lipinski definition) is 1. The molecule has 0 saturated carbocycles. The van der Waals surface area contributed by atoms with Gasteiger partial charge in [0.15, 0.2) is 9.79 Å². The Balaban J connectivity index is 0.000000171. The molecule has 2 aliphatic heterocycles. The van der Waals surface area contributed by atoms with Gasteiger partial charge in [-0.3, -0.25) is 19.2 Å². The third-order valence-electron chi connectivity index (χ3n) is 11.8. The van der Waals surface area contributed by atoms with Gasteiger partial charge in [-0.1, -0.05) is 104 Å². The highest BCUT2D eigenvalue weighted by atomic mass is 35.5. The van der Waals surface area contributed by atoms with Crippen LogP contribution in [0.5, 0.6) is 0 Å². The molecule has 10 rings (SSSR count). The minimum absolute atomic E-state index is 0. The van der Waals surface area contributed by atoms with Crippen molar-refractivity contribution >= 4 is 93.3 Å². The molecule has 2 amide bonds. The quantitative estimate of drug-likeness (QED) is 0.166. The molecule has 364 valence electrons. The number of thiophene rings is 2. The Morgan fingerprint density at radius 2 is 0.943 bits per heavy atom. The van der Waals surface area contributed by atoms with Gasteiger partial charge in [-0.05, 0) is 59.3 Å². The van der Waals surface area contributed by atoms with Gasteiger partial charge in [-0.2, -0.15) is 0 Å². The topological polar surface area (TPSA) is 168 Å². The predicted molar refractivity (Wildman–Crippen MR) is 279 cm³/mol. The van der Waals surface area contributed by atoms with Crippen molar-refractivity contribution in [3.63, 3.8) is 0 Å². The molecule has 4 aromatic carbocycles. The average Bonchev–Trinajstić information content (AvgIpc) is 4.14. The molecule has 2 fully saturated rings. The Morgan fingerprint density at radius 3 is 1.43 bits per heavy atom. The first-order valence-corrected chi connectivity index (χ1v) is 26.9. The molecule has 6 heterocycles. The van der Waals surface area contributed by atoms with Crippen molar-refractivity contribution in [2.45, 2.75) is 27.0 Å². The number of aromatic nitrogens is 2. The maximum absolute atomic E-state index is 13.7. The van der Waals surface area contributed by atoms with Gasteiger partial charge in [0.2, 0.25) is 19.7 Å². The monoisotopic (exact) mass is 1040 g/mol. The second-order valence-corrected chi connectivity index (χ2v) is 22.0. The summed E-state index contributed by atoms with van der Waals surface area (Å²) in [7, 11) is -4.94. The smallest absolute Gasteiger partial charge is 0.272 e. The lowest BCUT2D eigenvalue weighted by Gasteiger charge is -2.37. The van der Waals surface area contributed by atoms with Crippen LogP contribution in [0.4, 0.5) is 5.69 Å². The minimum Gasteiger partial charge on any atom is -0.366 e. The van der Waals surface area contributed by atoms with Crippen LogP contribution in [-0.2, 0) is 33.8 Å². The first-order chi connectivity index (χ1) is 33.2. The van der Waals surface area contributed by atoms with Crippen molar-refractivity contribution in [2.24, 2.45) is 14.1 Å². The molecule has 70 heavy (non-hydrogen) atoms. The lowest BCUT2D eigenvalue weighted by atomic mass is 10.1. The Morgan fingerprint density at radius 1 is 0.529 bits per heavy atom. The Bertz CT molecular complexity index is 3480. The molecule has 0 spiro atoms. The van der Waals surface area contributed by atoms with Gasteiger partial charge in [0, 0.05) is 77.2 Å². The van der Waals surface area contributed by atoms with Gasteiger partial charge < -0.3 is 29.2 Å². The Kier molecular flexibility index (Phi) is 16.3. The van der Waals surface area contributed by atoms with Gasteiger partial charge in [-0.25, -0.2) is 16.8 Å². The third-order valence-corrected chi connectivity index (χ3v) is 17.7. The molecule has 2 aliphatic rings. The van der Waals surface area contributed by atoms with Crippen LogP contribution in [0.3, 0.4) is 0 Å². The summed E-state index contributed by atoms with van der Waals surface area (Å²) >= 11 is 9.18. The zero-order valence-electron chi connectivity index (χ0n) is 37.5. The number of hydrogen-bond acceptors (Lipinski definition) is 12. The second kappa shape index (κ2) is 22.1. The first kappa shape index (κ1) is 51.4. The molecule has 19 heteroatoms. The number of pyridine rings is 2. The van der Waals surface area contributed by atoms with Gasteiger partial charge in [0.25, 0.3) is 22.9 Å². The molecular formula is C51H51ClN6O8S4. The number of carbonyl (C=O) groups excluding carboxylic acids is 2. The second-order valence-electron chi connectivity index (χ2n) is 16.0. The normalized spacial score (nSPS) is 14.0. The molecule has 14 nitrogen and oxygen atoms in total. The highest BCUT2D eigenvalue weighted by molar-refractivity contribution is 7.92. The molecule has 0 unspecified atom stereocenters. The number of nitrogens with zero attached hydrogens (tertiary/aromatic N) is 5. The van der Waals surface area contributed by atoms with Crippen LogP contribution < -0.4 is 21.3 Å². The molecule has 0 radical (unpaired) electrons. The van der Waals surface area contributed by atoms with Crippen LogP contribution in [0.15, 0.2) is 173 Å². The minimum atomic E-state index is -4.08. The number of piperazine rings is 2. The zero-order chi connectivity index (χ0) is 48.9. The van der Waals surface area contributed by atoms with E-state index < -0.39 is 30.8 Å². The summed E-state index contributed by atoms with van der Waals surface area (Å²) in [6.45, 7) is 5.20. The van der Waals surface area contributed by atoms with Crippen molar-refractivity contribution in [1.29, 1.82) is 0 Å². The van der Waals surface area contributed by atoms with Gasteiger partial charge >= 0.3 is 0 Å². The van der Waals surface area contributed by atoms with E-state index in [-0.39, 0.29) is 43.8 Å². The van der Waals surface area contributed by atoms with Crippen molar-refractivity contribution in [2.75, 3.05) is 57.3 Å². The number of benzene rings is 4. The van der Waals surface area contributed by atoms with E-state index in [1.165, 1.54) is 63.1 Å². The highest BCUT2D eigenvalue weighted by Gasteiger charge is 2.33. The number of aryl methyl sites for hydroxylation is 2. The molecule has 8 aromatic rings. The van der Waals surface area contributed by atoms with Crippen molar-refractivity contribution < 1.29 is 26.4 Å². The van der Waals surface area contributed by atoms with E-state index in [9.17, 15) is 36.0 Å². The number of sulfone groups is 2. The number of rotatable bonds is 7. The molecule has 0 atom stereocenters. The number of anilines is 1. The summed E-state index contributed by atoms with van der Waals surface area (Å²) in [5, 5.41) is 8.22. The average molecular weight is 1040 g/mol. The number of para-hydroxylation sites is 2. The number of amides is 2. The van der Waals surface area contributed by atoms with E-state index in [1.807, 2.05) is 63.0 Å². The molecule has 0 aliphatic carbocycles. The summed E-state index contributed by atoms with van der Waals surface area (Å²) < 4.78 is 55.7. The molecule has 0 bridgehead atoms. The van der Waals surface area contributed by atoms with Crippen LogP contribution >= 0.6 is 34.3 Å². The van der Waals surface area contributed by atoms with E-state index in [0.717, 1.165) is 31.1 Å². The zero-order valence-corrected chi connectivity index (χ0v) is 41.5. The van der Waals surface area contributed by atoms with E-state index in [2.05, 4.69) is 5.32 Å². The number of fused-ring (bicyclic) bond motifs is 2. The van der Waals surface area contributed by atoms with Crippen LogP contribution in [-0.4, -0.2) is 99.9 Å². The van der Waals surface area contributed by atoms with Gasteiger partial charge in [0.05, 0.1) is 41.3 Å². The summed E-state index contributed by atoms with van der Waals surface area (Å²) in [6, 6.07) is 37.6. The maximum atomic E-state index is 13.7. The first-order valence-electron chi connectivity index (χ1n) is 21.8. The Labute approximate surface area is 419 Å². The lowest BCUT2D eigenvalue weighted by Crippen LogP contribution is -2.49. The highest BCUT2D eigenvalue weighted by Crippen LogP contribution is 2.35. The third kappa shape index (κ3) is 10.4. The van der Waals surface area contributed by atoms with Crippen LogP contribution in [0.1, 0.15) is 26.8 Å². The summed E-state index contributed by atoms with van der Waals surface area (Å²) in [5.74, 6) is 0.150. The van der Waals surface area contributed by atoms with Gasteiger partial charge in [-0.15, -0.1) is 22.7 Å². The van der Waals surface area contributed by atoms with E-state index in [0.29, 0.717) is 58.5 Å². The fourth-order valence-electron chi connectivity index (χ4n) is 8.22. The predicted octanol–water partition coefficient (Wildman–Crippen LogP) is 7.85. The summed E-state index contributed by atoms with van der Waals surface area (Å²) in [4.78, 5) is 57.2. The van der Waals surface area contributed by atoms with Crippen LogP contribution in [0.25, 0.3) is 21.8 Å². The van der Waals surface area contributed by atoms with E-state index in [4.69, 9.17) is 11.6 Å². The summed E-state index contributed by atoms with van der Waals surface area (Å²) in [6.07, 6.45) is 0. The lowest BCUT2D eigenvalue weighted by molar-refractivity contribution is 0.0737. The Hall–Kier alpha value is -6.41. The summed E-state index contributed by atoms with van der Waals surface area (Å²) in [5.41, 5.74) is 0.462. The van der Waals surface area contributed by atoms with Crippen molar-refractivity contribution in [1.82, 2.24) is 24.3 Å². The molecule has 2 saturated heterocycles. The number of halogens is 1. The SMILES string of the molecule is C.Cn1c(=O)c(S(=O)(=O)c2ccccc2)c(Cl)c2ccccc21.Cn1c(=O)c(S(=O)(=O)c2ccccc2)c(N2CCN(C(=O)c3cccs3)CC2)c2ccccc21.O=C(c1cccs1)N1CCNCC1. The molecular weight excluding hydrogens is 988 g/mol. The fourth-order valence-corrected chi connectivity index (χ4v) is 13.2. The van der Waals surface area contributed by atoms with E-state index >= 15 is 0 Å². The van der Waals surface area contributed by atoms with Crippen molar-refractivity contribution in [3.8, 4) is 0 Å². The van der Waals surface area contributed by atoms with Crippen LogP contribution in [0, 0.1) is 0 Å². The number of carbonyl (C=O) groups is 2. The molecule has 4 aromatic heterocycles. The van der Waals surface area contributed by atoms with Gasteiger partial charge in [0.1, 0.15) is 0 Å². The largest absolute Gasteiger partial charge is 0.366 e.